The van der Waals surface area contributed by atoms with E-state index in [1.807, 2.05) is 0 Å². The number of hydrogen-bond acceptors (Lipinski definition) is 2. The van der Waals surface area contributed by atoms with Crippen LogP contribution in [0.5, 0.6) is 0 Å². The zero-order valence-electron chi connectivity index (χ0n) is 55.1. The van der Waals surface area contributed by atoms with Gasteiger partial charge in [-0.15, -0.1) is 0 Å². The Kier molecular flexibility index (Phi) is 14.4. The molecule has 0 radical (unpaired) electrons. The monoisotopic (exact) mass is 1260 g/mol. The fourth-order valence-electron chi connectivity index (χ4n) is 16.7. The number of aryl methyl sites for hydroxylation is 6. The van der Waals surface area contributed by atoms with Crippen molar-refractivity contribution in [3.63, 3.8) is 0 Å². The molecule has 1 aromatic heterocycles. The van der Waals surface area contributed by atoms with Crippen LogP contribution in [-0.2, 0) is 0 Å². The molecule has 0 unspecified atom stereocenters. The zero-order chi connectivity index (χ0) is 64.8. The van der Waals surface area contributed by atoms with Crippen LogP contribution in [0.4, 0.5) is 34.1 Å². The highest BCUT2D eigenvalue weighted by atomic mass is 28.3. The Hall–Kier alpha value is -11.0. The highest BCUT2D eigenvalue weighted by Gasteiger charge is 2.47. The van der Waals surface area contributed by atoms with Crippen LogP contribution in [0.3, 0.4) is 0 Å². The molecule has 2 aliphatic rings. The first-order valence-electron chi connectivity index (χ1n) is 33.7. The zero-order valence-corrected chi connectivity index (χ0v) is 57.1. The fraction of sp³-hybridized carbons (Fsp3) is 0.0667. The van der Waals surface area contributed by atoms with Crippen molar-refractivity contribution < 1.29 is 0 Å². The summed E-state index contributed by atoms with van der Waals surface area (Å²) in [7, 11) is -6.07. The maximum atomic E-state index is 2.65. The molecule has 0 spiro atoms. The second-order valence-electron chi connectivity index (χ2n) is 26.9. The third kappa shape index (κ3) is 9.37. The summed E-state index contributed by atoms with van der Waals surface area (Å²) in [6.45, 7) is 13.3. The average molecular weight is 1260 g/mol. The SMILES string of the molecule is Cc1cccc([Si](c2ccc(N3c4cc(-n5c6ccccc6c6ccccc65)cc5c4B(c4ccccc4N5c4cccc([Si](c5cccc(C)c5)(c5cccc(C)c5)c5cccc(C)c5)c4)c4cccc(-c5ccccc5)c43)cc2)(c2cccc(C)c2)c2cccc(C)c2)c1. The largest absolute Gasteiger partial charge is 0.311 e. The summed E-state index contributed by atoms with van der Waals surface area (Å²) in [4.78, 5) is 5.28. The van der Waals surface area contributed by atoms with Crippen molar-refractivity contribution in [3.05, 3.63) is 361 Å². The van der Waals surface area contributed by atoms with Crippen LogP contribution in [0.15, 0.2) is 328 Å². The fourth-order valence-corrected chi connectivity index (χ4v) is 26.8. The standard InChI is InChI=1S/C90H72BN3Si2/c1-61-24-16-33-72(52-61)95(73-34-17-25-62(2)53-73,74-35-18-26-63(3)54-74)71-50-48-68(49-51-71)94-88-60-70(93-84-45-13-10-40-80(84)81-41-11-14-46-85(81)93)59-87-89(88)91(83-44-23-42-79(90(83)94)67-30-8-7-9-31-67)82-43-12-15-47-86(82)92(87)69-32-22-39-78(58-69)96(75-36-19-27-64(4)55-75,76-37-20-28-65(5)56-76)77-38-21-29-66(6)57-77/h7-60H,1-6H3. The van der Waals surface area contributed by atoms with Gasteiger partial charge in [0, 0.05) is 50.5 Å². The van der Waals surface area contributed by atoms with E-state index in [-0.39, 0.29) is 6.71 Å². The first-order valence-corrected chi connectivity index (χ1v) is 37.7. The van der Waals surface area contributed by atoms with Gasteiger partial charge in [-0.25, -0.2) is 0 Å². The van der Waals surface area contributed by atoms with Crippen molar-refractivity contribution >= 4 is 137 Å². The Morgan fingerprint density at radius 3 is 1.15 bits per heavy atom. The van der Waals surface area contributed by atoms with Crippen LogP contribution in [0.25, 0.3) is 38.6 Å². The van der Waals surface area contributed by atoms with Crippen LogP contribution in [0.2, 0.25) is 0 Å². The third-order valence-electron chi connectivity index (χ3n) is 20.7. The van der Waals surface area contributed by atoms with E-state index in [1.54, 1.807) is 0 Å². The van der Waals surface area contributed by atoms with Crippen molar-refractivity contribution in [2.45, 2.75) is 41.5 Å². The summed E-state index contributed by atoms with van der Waals surface area (Å²) in [5.41, 5.74) is 24.0. The molecule has 0 fully saturated rings. The van der Waals surface area contributed by atoms with Gasteiger partial charge >= 0.3 is 0 Å². The molecule has 0 saturated heterocycles. The molecule has 0 saturated carbocycles. The molecule has 0 N–H and O–H groups in total. The topological polar surface area (TPSA) is 11.4 Å². The van der Waals surface area contributed by atoms with Gasteiger partial charge in [-0.2, -0.15) is 0 Å². The molecule has 96 heavy (non-hydrogen) atoms. The lowest BCUT2D eigenvalue weighted by molar-refractivity contribution is 1.16. The number of hydrogen-bond donors (Lipinski definition) is 0. The summed E-state index contributed by atoms with van der Waals surface area (Å²) < 4.78 is 2.53. The number of nitrogens with zero attached hydrogens (tertiary/aromatic N) is 3. The molecular weight excluding hydrogens is 1190 g/mol. The molecule has 14 aromatic carbocycles. The lowest BCUT2D eigenvalue weighted by atomic mass is 9.33. The Labute approximate surface area is 566 Å². The normalized spacial score (nSPS) is 12.6. The van der Waals surface area contributed by atoms with E-state index in [0.29, 0.717) is 0 Å². The van der Waals surface area contributed by atoms with Crippen LogP contribution in [0, 0.1) is 41.5 Å². The second-order valence-corrected chi connectivity index (χ2v) is 34.5. The van der Waals surface area contributed by atoms with Crippen molar-refractivity contribution in [2.75, 3.05) is 9.80 Å². The Balaban J connectivity index is 0.977. The third-order valence-corrected chi connectivity index (χ3v) is 30.1. The number of fused-ring (bicyclic) bond motifs is 7. The van der Waals surface area contributed by atoms with E-state index in [2.05, 4.69) is 383 Å². The molecule has 17 rings (SSSR count). The minimum Gasteiger partial charge on any atom is -0.311 e. The van der Waals surface area contributed by atoms with Gasteiger partial charge in [0.1, 0.15) is 0 Å². The Morgan fingerprint density at radius 2 is 0.656 bits per heavy atom. The van der Waals surface area contributed by atoms with E-state index in [0.717, 1.165) is 28.4 Å². The van der Waals surface area contributed by atoms with Gasteiger partial charge in [0.25, 0.3) is 6.71 Å². The van der Waals surface area contributed by atoms with Crippen molar-refractivity contribution in [2.24, 2.45) is 0 Å². The Morgan fingerprint density at radius 1 is 0.260 bits per heavy atom. The molecule has 0 bridgehead atoms. The van der Waals surface area contributed by atoms with Crippen LogP contribution >= 0.6 is 0 Å². The number of rotatable bonds is 12. The van der Waals surface area contributed by atoms with Gasteiger partial charge in [-0.1, -0.05) is 306 Å². The van der Waals surface area contributed by atoms with E-state index >= 15 is 0 Å². The van der Waals surface area contributed by atoms with Gasteiger partial charge in [0.2, 0.25) is 0 Å². The molecule has 3 heterocycles. The summed E-state index contributed by atoms with van der Waals surface area (Å²) in [5.74, 6) is 0. The summed E-state index contributed by atoms with van der Waals surface area (Å²) in [6, 6.07) is 126. The van der Waals surface area contributed by atoms with Gasteiger partial charge < -0.3 is 14.4 Å². The summed E-state index contributed by atoms with van der Waals surface area (Å²) in [5, 5.41) is 13.3. The average Bonchev–Trinajstić information content (AvgIpc) is 0.761. The number of aromatic nitrogens is 1. The van der Waals surface area contributed by atoms with E-state index < -0.39 is 16.1 Å². The molecule has 15 aromatic rings. The first kappa shape index (κ1) is 58.8. The molecule has 0 aliphatic carbocycles. The molecule has 0 atom stereocenters. The number of benzene rings is 14. The maximum Gasteiger partial charge on any atom is 0.252 e. The molecule has 0 amide bonds. The van der Waals surface area contributed by atoms with E-state index in [4.69, 9.17) is 0 Å². The molecule has 2 aliphatic heterocycles. The van der Waals surface area contributed by atoms with Crippen LogP contribution < -0.4 is 67.7 Å². The Bertz CT molecular complexity index is 5280. The summed E-state index contributed by atoms with van der Waals surface area (Å²) >= 11 is 0. The molecule has 3 nitrogen and oxygen atoms in total. The first-order chi connectivity index (χ1) is 47.1. The maximum absolute atomic E-state index is 3.08. The quantitative estimate of drug-likeness (QED) is 0.0892. The molecule has 458 valence electrons. The minimum atomic E-state index is -3.08. The molecular formula is C90H72BN3Si2. The van der Waals surface area contributed by atoms with Crippen molar-refractivity contribution in [1.29, 1.82) is 0 Å². The van der Waals surface area contributed by atoms with E-state index in [9.17, 15) is 0 Å². The number of para-hydroxylation sites is 4. The summed E-state index contributed by atoms with van der Waals surface area (Å²) in [6.07, 6.45) is 0. The highest BCUT2D eigenvalue weighted by Crippen LogP contribution is 2.48. The van der Waals surface area contributed by atoms with E-state index in [1.165, 1.54) is 136 Å². The van der Waals surface area contributed by atoms with Crippen molar-refractivity contribution in [3.8, 4) is 16.8 Å². The van der Waals surface area contributed by atoms with Gasteiger partial charge in [0.05, 0.1) is 16.7 Å². The minimum absolute atomic E-state index is 0.128. The van der Waals surface area contributed by atoms with Gasteiger partial charge in [0.15, 0.2) is 16.1 Å². The second kappa shape index (κ2) is 23.5. The number of anilines is 6. The van der Waals surface area contributed by atoms with Crippen molar-refractivity contribution in [1.82, 2.24) is 4.57 Å². The van der Waals surface area contributed by atoms with Gasteiger partial charge in [-0.3, -0.25) is 0 Å². The van der Waals surface area contributed by atoms with Crippen LogP contribution in [-0.4, -0.2) is 27.4 Å². The smallest absolute Gasteiger partial charge is 0.252 e. The van der Waals surface area contributed by atoms with Gasteiger partial charge in [-0.05, 0) is 160 Å². The molecule has 6 heteroatoms. The predicted octanol–water partition coefficient (Wildman–Crippen LogP) is 15.1. The van der Waals surface area contributed by atoms with Crippen LogP contribution in [0.1, 0.15) is 33.4 Å². The highest BCUT2D eigenvalue weighted by molar-refractivity contribution is 7.20. The lowest BCUT2D eigenvalue weighted by Crippen LogP contribution is -2.75. The predicted molar refractivity (Wildman–Crippen MR) is 416 cm³/mol. The lowest BCUT2D eigenvalue weighted by Gasteiger charge is -2.45.